The topological polar surface area (TPSA) is 61.4 Å². The number of carbonyl (C=O) groups excluding carboxylic acids is 1. The maximum Gasteiger partial charge on any atom is 0.221 e. The van der Waals surface area contributed by atoms with Crippen LogP contribution in [0.3, 0.4) is 0 Å². The van der Waals surface area contributed by atoms with Crippen LogP contribution in [0.25, 0.3) is 0 Å². The highest BCUT2D eigenvalue weighted by Gasteiger charge is 2.21. The van der Waals surface area contributed by atoms with Gasteiger partial charge in [-0.25, -0.2) is 0 Å². The van der Waals surface area contributed by atoms with E-state index in [-0.39, 0.29) is 18.0 Å². The molecule has 4 heteroatoms. The van der Waals surface area contributed by atoms with Crippen LogP contribution >= 0.6 is 0 Å². The van der Waals surface area contributed by atoms with Crippen molar-refractivity contribution in [2.75, 3.05) is 6.54 Å². The van der Waals surface area contributed by atoms with Crippen molar-refractivity contribution in [3.8, 4) is 0 Å². The summed E-state index contributed by atoms with van der Waals surface area (Å²) >= 11 is 0. The van der Waals surface area contributed by atoms with Crippen LogP contribution < -0.4 is 10.6 Å². The van der Waals surface area contributed by atoms with Crippen molar-refractivity contribution in [1.29, 1.82) is 0 Å². The Bertz CT molecular complexity index is 212. The van der Waals surface area contributed by atoms with E-state index in [9.17, 15) is 9.90 Å². The van der Waals surface area contributed by atoms with Gasteiger partial charge in [-0.1, -0.05) is 6.92 Å². The molecular weight excluding hydrogens is 204 g/mol. The molecule has 0 aromatic carbocycles. The molecule has 0 fully saturated rings. The average Bonchev–Trinajstić information content (AvgIpc) is 2.15. The summed E-state index contributed by atoms with van der Waals surface area (Å²) in [6.45, 7) is 10.0. The van der Waals surface area contributed by atoms with Crippen molar-refractivity contribution in [2.24, 2.45) is 0 Å². The van der Waals surface area contributed by atoms with E-state index in [4.69, 9.17) is 0 Å². The Kier molecular flexibility index (Phi) is 6.60. The van der Waals surface area contributed by atoms with Crippen molar-refractivity contribution >= 4 is 5.91 Å². The van der Waals surface area contributed by atoms with Gasteiger partial charge in [-0.2, -0.15) is 0 Å². The number of carbonyl (C=O) groups is 1. The molecule has 2 atom stereocenters. The minimum absolute atomic E-state index is 0.0242. The molecule has 0 spiro atoms. The first-order valence-electron chi connectivity index (χ1n) is 6.02. The zero-order valence-electron chi connectivity index (χ0n) is 11.1. The van der Waals surface area contributed by atoms with Gasteiger partial charge in [-0.05, 0) is 34.1 Å². The first-order valence-corrected chi connectivity index (χ1v) is 6.02. The first kappa shape index (κ1) is 15.4. The lowest BCUT2D eigenvalue weighted by Gasteiger charge is -2.26. The third-order valence-electron chi connectivity index (χ3n) is 2.88. The molecule has 0 aliphatic rings. The van der Waals surface area contributed by atoms with E-state index in [0.717, 1.165) is 6.42 Å². The number of hydrogen-bond acceptors (Lipinski definition) is 3. The van der Waals surface area contributed by atoms with Crippen molar-refractivity contribution in [2.45, 2.75) is 65.1 Å². The van der Waals surface area contributed by atoms with E-state index in [1.807, 2.05) is 20.8 Å². The van der Waals surface area contributed by atoms with Gasteiger partial charge in [0, 0.05) is 25.0 Å². The summed E-state index contributed by atoms with van der Waals surface area (Å²) in [4.78, 5) is 11.4. The maximum atomic E-state index is 11.4. The normalized spacial score (nSPS) is 15.6. The molecular formula is C12H26N2O2. The number of aliphatic hydroxyl groups is 1. The van der Waals surface area contributed by atoms with Crippen molar-refractivity contribution in [3.63, 3.8) is 0 Å². The van der Waals surface area contributed by atoms with E-state index >= 15 is 0 Å². The summed E-state index contributed by atoms with van der Waals surface area (Å²) in [6.07, 6.45) is 1.39. The molecule has 0 saturated heterocycles. The zero-order chi connectivity index (χ0) is 12.8. The molecule has 2 unspecified atom stereocenters. The van der Waals surface area contributed by atoms with E-state index < -0.39 is 5.60 Å². The SMILES string of the molecule is CCC(C)NC(=O)CCNC(C)C(C)(C)O. The van der Waals surface area contributed by atoms with Gasteiger partial charge in [0.1, 0.15) is 0 Å². The fourth-order valence-corrected chi connectivity index (χ4v) is 1.10. The Hall–Kier alpha value is -0.610. The van der Waals surface area contributed by atoms with Gasteiger partial charge in [0.25, 0.3) is 0 Å². The van der Waals surface area contributed by atoms with Crippen LogP contribution in [-0.2, 0) is 4.79 Å². The number of hydrogen-bond donors (Lipinski definition) is 3. The predicted octanol–water partition coefficient (Wildman–Crippen LogP) is 1.04. The molecule has 1 amide bonds. The number of amides is 1. The van der Waals surface area contributed by atoms with Crippen molar-refractivity contribution in [1.82, 2.24) is 10.6 Å². The van der Waals surface area contributed by atoms with E-state index in [2.05, 4.69) is 10.6 Å². The van der Waals surface area contributed by atoms with Crippen LogP contribution in [0.5, 0.6) is 0 Å². The lowest BCUT2D eigenvalue weighted by Crippen LogP contribution is -2.45. The van der Waals surface area contributed by atoms with Crippen LogP contribution in [0.1, 0.15) is 47.5 Å². The van der Waals surface area contributed by atoms with Crippen molar-refractivity contribution < 1.29 is 9.90 Å². The summed E-state index contributed by atoms with van der Waals surface area (Å²) in [5.74, 6) is 0.0600. The molecule has 16 heavy (non-hydrogen) atoms. The third kappa shape index (κ3) is 6.80. The monoisotopic (exact) mass is 230 g/mol. The molecule has 0 rings (SSSR count). The predicted molar refractivity (Wildman–Crippen MR) is 66.3 cm³/mol. The Morgan fingerprint density at radius 3 is 2.38 bits per heavy atom. The highest BCUT2D eigenvalue weighted by molar-refractivity contribution is 5.76. The fourth-order valence-electron chi connectivity index (χ4n) is 1.10. The minimum Gasteiger partial charge on any atom is -0.389 e. The highest BCUT2D eigenvalue weighted by atomic mass is 16.3. The van der Waals surface area contributed by atoms with Crippen LogP contribution in [0.2, 0.25) is 0 Å². The van der Waals surface area contributed by atoms with Crippen LogP contribution in [0, 0.1) is 0 Å². The Labute approximate surface area is 98.8 Å². The molecule has 0 radical (unpaired) electrons. The summed E-state index contributed by atoms with van der Waals surface area (Å²) in [7, 11) is 0. The van der Waals surface area contributed by atoms with Gasteiger partial charge in [-0.15, -0.1) is 0 Å². The largest absolute Gasteiger partial charge is 0.389 e. The summed E-state index contributed by atoms with van der Waals surface area (Å²) in [5, 5.41) is 15.7. The van der Waals surface area contributed by atoms with Gasteiger partial charge < -0.3 is 15.7 Å². The van der Waals surface area contributed by atoms with Gasteiger partial charge in [-0.3, -0.25) is 4.79 Å². The summed E-state index contributed by atoms with van der Waals surface area (Å²) < 4.78 is 0. The van der Waals surface area contributed by atoms with Gasteiger partial charge in [0.05, 0.1) is 5.60 Å². The zero-order valence-corrected chi connectivity index (χ0v) is 11.1. The molecule has 0 aromatic heterocycles. The number of nitrogens with one attached hydrogen (secondary N) is 2. The standard InChI is InChI=1S/C12H26N2O2/c1-6-9(2)14-11(15)7-8-13-10(3)12(4,5)16/h9-10,13,16H,6-8H2,1-5H3,(H,14,15). The van der Waals surface area contributed by atoms with Crippen LogP contribution in [0.4, 0.5) is 0 Å². The Morgan fingerprint density at radius 2 is 1.94 bits per heavy atom. The molecule has 4 nitrogen and oxygen atoms in total. The van der Waals surface area contributed by atoms with E-state index in [0.29, 0.717) is 13.0 Å². The number of rotatable bonds is 7. The lowest BCUT2D eigenvalue weighted by molar-refractivity contribution is -0.121. The molecule has 0 heterocycles. The molecule has 3 N–H and O–H groups in total. The van der Waals surface area contributed by atoms with Crippen LogP contribution in [-0.4, -0.2) is 35.2 Å². The lowest BCUT2D eigenvalue weighted by atomic mass is 10.0. The quantitative estimate of drug-likeness (QED) is 0.612. The first-order chi connectivity index (χ1) is 7.27. The third-order valence-corrected chi connectivity index (χ3v) is 2.88. The van der Waals surface area contributed by atoms with Gasteiger partial charge >= 0.3 is 0 Å². The van der Waals surface area contributed by atoms with E-state index in [1.165, 1.54) is 0 Å². The fraction of sp³-hybridized carbons (Fsp3) is 0.917. The Balaban J connectivity index is 3.70. The van der Waals surface area contributed by atoms with Crippen molar-refractivity contribution in [3.05, 3.63) is 0 Å². The molecule has 0 aliphatic heterocycles. The second kappa shape index (κ2) is 6.86. The second-order valence-corrected chi connectivity index (χ2v) is 4.96. The Morgan fingerprint density at radius 1 is 1.38 bits per heavy atom. The molecule has 0 bridgehead atoms. The van der Waals surface area contributed by atoms with Gasteiger partial charge in [0.2, 0.25) is 5.91 Å². The molecule has 0 aromatic rings. The van der Waals surface area contributed by atoms with E-state index in [1.54, 1.807) is 13.8 Å². The summed E-state index contributed by atoms with van der Waals surface area (Å²) in [6, 6.07) is 0.211. The highest BCUT2D eigenvalue weighted by Crippen LogP contribution is 2.06. The average molecular weight is 230 g/mol. The molecule has 96 valence electrons. The smallest absolute Gasteiger partial charge is 0.221 e. The molecule has 0 saturated carbocycles. The van der Waals surface area contributed by atoms with Crippen LogP contribution in [0.15, 0.2) is 0 Å². The summed E-state index contributed by atoms with van der Waals surface area (Å²) in [5.41, 5.74) is -0.757. The minimum atomic E-state index is -0.757. The maximum absolute atomic E-state index is 11.4. The molecule has 0 aliphatic carbocycles. The second-order valence-electron chi connectivity index (χ2n) is 4.96. The van der Waals surface area contributed by atoms with Gasteiger partial charge in [0.15, 0.2) is 0 Å².